The van der Waals surface area contributed by atoms with Crippen molar-refractivity contribution in [2.24, 2.45) is 0 Å². The van der Waals surface area contributed by atoms with Crippen molar-refractivity contribution in [3.8, 4) is 0 Å². The first-order valence-electron chi connectivity index (χ1n) is 6.65. The van der Waals surface area contributed by atoms with Gasteiger partial charge in [0.15, 0.2) is 0 Å². The quantitative estimate of drug-likeness (QED) is 0.782. The Labute approximate surface area is 122 Å². The zero-order chi connectivity index (χ0) is 14.6. The topological polar surface area (TPSA) is 61.4 Å². The van der Waals surface area contributed by atoms with Crippen molar-refractivity contribution in [3.05, 3.63) is 29.0 Å². The molecule has 6 heteroatoms. The van der Waals surface area contributed by atoms with E-state index < -0.39 is 5.82 Å². The second kappa shape index (κ2) is 6.52. The van der Waals surface area contributed by atoms with Gasteiger partial charge in [-0.25, -0.2) is 4.39 Å². The third kappa shape index (κ3) is 3.69. The molecule has 0 saturated heterocycles. The van der Waals surface area contributed by atoms with Crippen LogP contribution in [0, 0.1) is 5.82 Å². The molecule has 0 aromatic heterocycles. The van der Waals surface area contributed by atoms with Crippen LogP contribution in [0.5, 0.6) is 0 Å². The lowest BCUT2D eigenvalue weighted by atomic mass is 9.99. The summed E-state index contributed by atoms with van der Waals surface area (Å²) in [5, 5.41) is 15.3. The molecule has 0 heterocycles. The zero-order valence-electron chi connectivity index (χ0n) is 11.1. The van der Waals surface area contributed by atoms with Gasteiger partial charge >= 0.3 is 0 Å². The second-order valence-corrected chi connectivity index (χ2v) is 5.61. The Balaban J connectivity index is 1.91. The molecule has 0 spiro atoms. The fourth-order valence-electron chi connectivity index (χ4n) is 2.50. The van der Waals surface area contributed by atoms with Gasteiger partial charge in [0.05, 0.1) is 18.8 Å². The van der Waals surface area contributed by atoms with E-state index in [4.69, 9.17) is 11.6 Å². The van der Waals surface area contributed by atoms with Crippen molar-refractivity contribution in [1.82, 2.24) is 5.32 Å². The molecule has 1 aliphatic rings. The molecule has 1 amide bonds. The molecule has 1 fully saturated rings. The van der Waals surface area contributed by atoms with Gasteiger partial charge in [0, 0.05) is 10.6 Å². The average Bonchev–Trinajstić information content (AvgIpc) is 2.90. The van der Waals surface area contributed by atoms with E-state index in [2.05, 4.69) is 10.6 Å². The first kappa shape index (κ1) is 15.2. The number of hydrogen-bond acceptors (Lipinski definition) is 3. The monoisotopic (exact) mass is 300 g/mol. The maximum Gasteiger partial charge on any atom is 0.238 e. The lowest BCUT2D eigenvalue weighted by Crippen LogP contribution is -2.49. The minimum Gasteiger partial charge on any atom is -0.394 e. The summed E-state index contributed by atoms with van der Waals surface area (Å²) in [5.41, 5.74) is -0.307. The molecule has 3 N–H and O–H groups in total. The molecule has 0 bridgehead atoms. The minimum absolute atomic E-state index is 0.00576. The number of benzene rings is 1. The zero-order valence-corrected chi connectivity index (χ0v) is 11.8. The number of rotatable bonds is 5. The van der Waals surface area contributed by atoms with E-state index in [-0.39, 0.29) is 30.3 Å². The predicted octanol–water partition coefficient (Wildman–Crippen LogP) is 2.31. The number of hydrogen-bond donors (Lipinski definition) is 3. The van der Waals surface area contributed by atoms with Crippen molar-refractivity contribution in [1.29, 1.82) is 0 Å². The maximum atomic E-state index is 13.5. The van der Waals surface area contributed by atoms with E-state index in [0.29, 0.717) is 5.02 Å². The maximum absolute atomic E-state index is 13.5. The predicted molar refractivity (Wildman–Crippen MR) is 76.3 cm³/mol. The van der Waals surface area contributed by atoms with Gasteiger partial charge < -0.3 is 15.7 Å². The summed E-state index contributed by atoms with van der Waals surface area (Å²) in [6.07, 6.45) is 3.78. The highest BCUT2D eigenvalue weighted by molar-refractivity contribution is 6.30. The van der Waals surface area contributed by atoms with E-state index >= 15 is 0 Å². The summed E-state index contributed by atoms with van der Waals surface area (Å²) in [7, 11) is 0. The number of amides is 1. The van der Waals surface area contributed by atoms with Crippen LogP contribution in [-0.2, 0) is 4.79 Å². The van der Waals surface area contributed by atoms with Gasteiger partial charge in [-0.05, 0) is 31.0 Å². The molecule has 0 atom stereocenters. The van der Waals surface area contributed by atoms with Crippen LogP contribution in [0.25, 0.3) is 0 Å². The van der Waals surface area contributed by atoms with Gasteiger partial charge in [-0.15, -0.1) is 0 Å². The Bertz CT molecular complexity index is 490. The number of nitrogens with one attached hydrogen (secondary N) is 2. The van der Waals surface area contributed by atoms with Crippen LogP contribution >= 0.6 is 11.6 Å². The second-order valence-electron chi connectivity index (χ2n) is 5.17. The minimum atomic E-state index is -0.527. The Morgan fingerprint density at radius 3 is 2.75 bits per heavy atom. The van der Waals surface area contributed by atoms with Crippen LogP contribution < -0.4 is 10.6 Å². The average molecular weight is 301 g/mol. The Kier molecular flexibility index (Phi) is 4.96. The van der Waals surface area contributed by atoms with Gasteiger partial charge in [-0.2, -0.15) is 0 Å². The van der Waals surface area contributed by atoms with E-state index in [1.807, 2.05) is 0 Å². The number of carbonyl (C=O) groups excluding carboxylic acids is 1. The van der Waals surface area contributed by atoms with Gasteiger partial charge in [0.25, 0.3) is 0 Å². The van der Waals surface area contributed by atoms with E-state index in [0.717, 1.165) is 25.7 Å². The number of anilines is 1. The van der Waals surface area contributed by atoms with E-state index in [1.165, 1.54) is 18.2 Å². The van der Waals surface area contributed by atoms with Crippen molar-refractivity contribution in [2.45, 2.75) is 31.2 Å². The molecule has 4 nitrogen and oxygen atoms in total. The van der Waals surface area contributed by atoms with Crippen LogP contribution in [0.4, 0.5) is 10.1 Å². The molecule has 1 saturated carbocycles. The van der Waals surface area contributed by atoms with Gasteiger partial charge in [-0.1, -0.05) is 24.4 Å². The van der Waals surface area contributed by atoms with Crippen LogP contribution in [-0.4, -0.2) is 29.7 Å². The summed E-state index contributed by atoms with van der Waals surface area (Å²) >= 11 is 5.76. The highest BCUT2D eigenvalue weighted by Gasteiger charge is 2.32. The third-order valence-corrected chi connectivity index (χ3v) is 3.92. The molecule has 20 heavy (non-hydrogen) atoms. The number of halogens is 2. The van der Waals surface area contributed by atoms with Gasteiger partial charge in [-0.3, -0.25) is 4.79 Å². The molecule has 110 valence electrons. The number of carbonyl (C=O) groups is 1. The van der Waals surface area contributed by atoms with Crippen molar-refractivity contribution >= 4 is 23.2 Å². The van der Waals surface area contributed by atoms with E-state index in [9.17, 15) is 14.3 Å². The molecule has 0 unspecified atom stereocenters. The normalized spacial score (nSPS) is 17.1. The summed E-state index contributed by atoms with van der Waals surface area (Å²) in [6.45, 7) is 0.0400. The van der Waals surface area contributed by atoms with Crippen molar-refractivity contribution < 1.29 is 14.3 Å². The standard InChI is InChI=1S/C14H18ClFN2O2/c15-10-3-4-11(16)12(7-10)18-13(20)8-17-14(9-19)5-1-2-6-14/h3-4,7,17,19H,1-2,5-6,8-9H2,(H,18,20). The van der Waals surface area contributed by atoms with Gasteiger partial charge in [0.1, 0.15) is 5.82 Å². The Morgan fingerprint density at radius 2 is 2.10 bits per heavy atom. The molecular formula is C14H18ClFN2O2. The lowest BCUT2D eigenvalue weighted by Gasteiger charge is -2.27. The summed E-state index contributed by atoms with van der Waals surface area (Å²) in [6, 6.07) is 3.99. The largest absolute Gasteiger partial charge is 0.394 e. The van der Waals surface area contributed by atoms with Crippen molar-refractivity contribution in [2.75, 3.05) is 18.5 Å². The first-order chi connectivity index (χ1) is 9.54. The number of aliphatic hydroxyl groups is 1. The first-order valence-corrected chi connectivity index (χ1v) is 7.03. The molecule has 0 aliphatic heterocycles. The lowest BCUT2D eigenvalue weighted by molar-refractivity contribution is -0.115. The van der Waals surface area contributed by atoms with Crippen LogP contribution in [0.3, 0.4) is 0 Å². The van der Waals surface area contributed by atoms with Gasteiger partial charge in [0.2, 0.25) is 5.91 Å². The van der Waals surface area contributed by atoms with E-state index in [1.54, 1.807) is 0 Å². The Morgan fingerprint density at radius 1 is 1.40 bits per heavy atom. The molecule has 0 radical (unpaired) electrons. The fraction of sp³-hybridized carbons (Fsp3) is 0.500. The van der Waals surface area contributed by atoms with Crippen LogP contribution in [0.15, 0.2) is 18.2 Å². The highest BCUT2D eigenvalue weighted by atomic mass is 35.5. The number of aliphatic hydroxyl groups excluding tert-OH is 1. The Hall–Kier alpha value is -1.17. The van der Waals surface area contributed by atoms with Crippen molar-refractivity contribution in [3.63, 3.8) is 0 Å². The summed E-state index contributed by atoms with van der Waals surface area (Å²) < 4.78 is 13.5. The van der Waals surface area contributed by atoms with Crippen LogP contribution in [0.2, 0.25) is 5.02 Å². The molecular weight excluding hydrogens is 283 g/mol. The molecule has 2 rings (SSSR count). The molecule has 1 aliphatic carbocycles. The molecule has 1 aromatic rings. The fourth-order valence-corrected chi connectivity index (χ4v) is 2.67. The smallest absolute Gasteiger partial charge is 0.238 e. The third-order valence-electron chi connectivity index (χ3n) is 3.69. The molecule has 1 aromatic carbocycles. The van der Waals surface area contributed by atoms with Crippen LogP contribution in [0.1, 0.15) is 25.7 Å². The summed E-state index contributed by atoms with van der Waals surface area (Å²) in [5.74, 6) is -0.883. The summed E-state index contributed by atoms with van der Waals surface area (Å²) in [4.78, 5) is 11.8. The SMILES string of the molecule is O=C(CNC1(CO)CCCC1)Nc1cc(Cl)ccc1F. The highest BCUT2D eigenvalue weighted by Crippen LogP contribution is 2.28.